The van der Waals surface area contributed by atoms with E-state index >= 15 is 0 Å². The fourth-order valence-corrected chi connectivity index (χ4v) is 2.26. The minimum Gasteiger partial charge on any atom is -0.493 e. The summed E-state index contributed by atoms with van der Waals surface area (Å²) in [7, 11) is 0. The summed E-state index contributed by atoms with van der Waals surface area (Å²) in [5.74, 6) is 1.62. The van der Waals surface area contributed by atoms with Crippen LogP contribution in [0.1, 0.15) is 30.9 Å². The summed E-state index contributed by atoms with van der Waals surface area (Å²) < 4.78 is 11.3. The minimum atomic E-state index is -0.0255. The molecule has 1 aromatic carbocycles. The van der Waals surface area contributed by atoms with E-state index in [9.17, 15) is 0 Å². The highest BCUT2D eigenvalue weighted by Crippen LogP contribution is 2.48. The summed E-state index contributed by atoms with van der Waals surface area (Å²) >= 11 is 0. The lowest BCUT2D eigenvalue weighted by molar-refractivity contribution is 0.235. The first kappa shape index (κ1) is 11.4. The molecule has 1 atom stereocenters. The zero-order valence-electron chi connectivity index (χ0n) is 10.2. The fraction of sp³-hybridized carbons (Fsp3) is 0.500. The van der Waals surface area contributed by atoms with Crippen LogP contribution in [0.5, 0.6) is 11.5 Å². The van der Waals surface area contributed by atoms with Crippen LogP contribution in [0.3, 0.4) is 0 Å². The molecule has 0 radical (unpaired) electrons. The number of ether oxygens (including phenoxy) is 2. The molecule has 3 rings (SSSR count). The molecule has 0 spiro atoms. The van der Waals surface area contributed by atoms with Gasteiger partial charge in [0.05, 0.1) is 18.7 Å². The standard InChI is InChI=1S/C14H16N2O2/c15-6-5-14(3-4-14)9-18-10-1-2-11-12(16)8-17-13(11)7-10/h1-2,7,12H,3-5,8-9,16H2. The zero-order chi connectivity index (χ0) is 12.6. The van der Waals surface area contributed by atoms with Crippen LogP contribution < -0.4 is 15.2 Å². The normalized spacial score (nSPS) is 22.8. The van der Waals surface area contributed by atoms with E-state index in [-0.39, 0.29) is 11.5 Å². The predicted octanol–water partition coefficient (Wildman–Crippen LogP) is 2.15. The number of nitrogens with zero attached hydrogens (tertiary/aromatic N) is 1. The second-order valence-electron chi connectivity index (χ2n) is 5.24. The van der Waals surface area contributed by atoms with E-state index in [1.165, 1.54) is 0 Å². The highest BCUT2D eigenvalue weighted by Gasteiger charge is 2.43. The third-order valence-corrected chi connectivity index (χ3v) is 3.76. The van der Waals surface area contributed by atoms with Gasteiger partial charge in [0.1, 0.15) is 18.1 Å². The monoisotopic (exact) mass is 244 g/mol. The van der Waals surface area contributed by atoms with Crippen LogP contribution in [0.4, 0.5) is 0 Å². The molecule has 94 valence electrons. The Balaban J connectivity index is 1.66. The van der Waals surface area contributed by atoms with Gasteiger partial charge < -0.3 is 15.2 Å². The van der Waals surface area contributed by atoms with Crippen molar-refractivity contribution in [3.05, 3.63) is 23.8 Å². The Morgan fingerprint density at radius 3 is 3.06 bits per heavy atom. The van der Waals surface area contributed by atoms with Crippen molar-refractivity contribution in [1.82, 2.24) is 0 Å². The molecular weight excluding hydrogens is 228 g/mol. The predicted molar refractivity (Wildman–Crippen MR) is 66.3 cm³/mol. The van der Waals surface area contributed by atoms with E-state index in [0.29, 0.717) is 19.6 Å². The summed E-state index contributed by atoms with van der Waals surface area (Å²) in [4.78, 5) is 0. The van der Waals surface area contributed by atoms with Gasteiger partial charge >= 0.3 is 0 Å². The first-order valence-corrected chi connectivity index (χ1v) is 6.25. The van der Waals surface area contributed by atoms with Crippen molar-refractivity contribution in [2.45, 2.75) is 25.3 Å². The minimum absolute atomic E-state index is 0.0255. The summed E-state index contributed by atoms with van der Waals surface area (Å²) in [6.45, 7) is 1.16. The number of fused-ring (bicyclic) bond motifs is 1. The second kappa shape index (κ2) is 4.18. The SMILES string of the molecule is N#CCC1(COc2ccc3c(c2)OCC3N)CC1. The molecule has 2 N–H and O–H groups in total. The molecule has 1 aliphatic carbocycles. The molecule has 1 aromatic rings. The van der Waals surface area contributed by atoms with Crippen molar-refractivity contribution in [3.63, 3.8) is 0 Å². The van der Waals surface area contributed by atoms with Crippen LogP contribution in [0.2, 0.25) is 0 Å². The van der Waals surface area contributed by atoms with Gasteiger partial charge in [0.2, 0.25) is 0 Å². The smallest absolute Gasteiger partial charge is 0.127 e. The van der Waals surface area contributed by atoms with Gasteiger partial charge in [-0.05, 0) is 25.0 Å². The molecule has 1 unspecified atom stereocenters. The van der Waals surface area contributed by atoms with E-state index in [4.69, 9.17) is 20.5 Å². The van der Waals surface area contributed by atoms with E-state index in [1.54, 1.807) is 0 Å². The third-order valence-electron chi connectivity index (χ3n) is 3.76. The molecule has 4 nitrogen and oxygen atoms in total. The molecule has 18 heavy (non-hydrogen) atoms. The molecule has 1 fully saturated rings. The number of hydrogen-bond acceptors (Lipinski definition) is 4. The van der Waals surface area contributed by atoms with Gasteiger partial charge in [-0.15, -0.1) is 0 Å². The Labute approximate surface area is 106 Å². The average Bonchev–Trinajstić information content (AvgIpc) is 3.05. The number of nitrogens with two attached hydrogens (primary N) is 1. The van der Waals surface area contributed by atoms with Crippen molar-refractivity contribution < 1.29 is 9.47 Å². The molecule has 1 heterocycles. The van der Waals surface area contributed by atoms with Crippen molar-refractivity contribution in [2.24, 2.45) is 11.1 Å². The molecule has 0 bridgehead atoms. The molecular formula is C14H16N2O2. The van der Waals surface area contributed by atoms with Gasteiger partial charge in [0.25, 0.3) is 0 Å². The van der Waals surface area contributed by atoms with Gasteiger partial charge in [0.15, 0.2) is 0 Å². The topological polar surface area (TPSA) is 68.3 Å². The Morgan fingerprint density at radius 2 is 2.33 bits per heavy atom. The quantitative estimate of drug-likeness (QED) is 0.881. The van der Waals surface area contributed by atoms with Gasteiger partial charge in [-0.25, -0.2) is 0 Å². The van der Waals surface area contributed by atoms with Crippen LogP contribution in [0, 0.1) is 16.7 Å². The first-order chi connectivity index (χ1) is 8.72. The van der Waals surface area contributed by atoms with Gasteiger partial charge in [-0.1, -0.05) is 0 Å². The Hall–Kier alpha value is -1.73. The van der Waals surface area contributed by atoms with E-state index < -0.39 is 0 Å². The Bertz CT molecular complexity index is 503. The summed E-state index contributed by atoms with van der Waals surface area (Å²) in [5.41, 5.74) is 7.03. The lowest BCUT2D eigenvalue weighted by Crippen LogP contribution is -2.12. The molecule has 4 heteroatoms. The summed E-state index contributed by atoms with van der Waals surface area (Å²) in [6, 6.07) is 7.99. The average molecular weight is 244 g/mol. The number of rotatable bonds is 4. The van der Waals surface area contributed by atoms with Crippen LogP contribution >= 0.6 is 0 Å². The van der Waals surface area contributed by atoms with Crippen molar-refractivity contribution in [1.29, 1.82) is 5.26 Å². The highest BCUT2D eigenvalue weighted by molar-refractivity contribution is 5.44. The van der Waals surface area contributed by atoms with Crippen LogP contribution in [0.25, 0.3) is 0 Å². The van der Waals surface area contributed by atoms with E-state index in [2.05, 4.69) is 6.07 Å². The Kier molecular flexibility index (Phi) is 2.64. The molecule has 2 aliphatic rings. The van der Waals surface area contributed by atoms with E-state index in [0.717, 1.165) is 29.9 Å². The van der Waals surface area contributed by atoms with Crippen molar-refractivity contribution in [3.8, 4) is 17.6 Å². The molecule has 1 saturated carbocycles. The molecule has 0 saturated heterocycles. The van der Waals surface area contributed by atoms with Crippen LogP contribution in [-0.2, 0) is 0 Å². The fourth-order valence-electron chi connectivity index (χ4n) is 2.26. The number of hydrogen-bond donors (Lipinski definition) is 1. The van der Waals surface area contributed by atoms with Crippen molar-refractivity contribution in [2.75, 3.05) is 13.2 Å². The van der Waals surface area contributed by atoms with Gasteiger partial charge in [-0.3, -0.25) is 0 Å². The maximum Gasteiger partial charge on any atom is 0.127 e. The van der Waals surface area contributed by atoms with Gasteiger partial charge in [-0.2, -0.15) is 5.26 Å². The highest BCUT2D eigenvalue weighted by atomic mass is 16.5. The summed E-state index contributed by atoms with van der Waals surface area (Å²) in [6.07, 6.45) is 2.76. The maximum atomic E-state index is 8.76. The number of benzene rings is 1. The van der Waals surface area contributed by atoms with Crippen LogP contribution in [-0.4, -0.2) is 13.2 Å². The third kappa shape index (κ3) is 2.02. The van der Waals surface area contributed by atoms with Gasteiger partial charge in [0, 0.05) is 23.5 Å². The van der Waals surface area contributed by atoms with E-state index in [1.807, 2.05) is 18.2 Å². The lowest BCUT2D eigenvalue weighted by Gasteiger charge is -2.13. The largest absolute Gasteiger partial charge is 0.493 e. The van der Waals surface area contributed by atoms with Crippen LogP contribution in [0.15, 0.2) is 18.2 Å². The molecule has 0 amide bonds. The number of nitriles is 1. The summed E-state index contributed by atoms with van der Waals surface area (Å²) in [5, 5.41) is 8.76. The first-order valence-electron chi connectivity index (χ1n) is 6.25. The maximum absolute atomic E-state index is 8.76. The zero-order valence-corrected chi connectivity index (χ0v) is 10.2. The van der Waals surface area contributed by atoms with Crippen molar-refractivity contribution >= 4 is 0 Å². The Morgan fingerprint density at radius 1 is 1.50 bits per heavy atom. The molecule has 0 aromatic heterocycles. The second-order valence-corrected chi connectivity index (χ2v) is 5.24. The lowest BCUT2D eigenvalue weighted by atomic mass is 10.1. The molecule has 1 aliphatic heterocycles.